The molecular formula is C12H17NO2. The maximum absolute atomic E-state index is 5.82. The first-order valence-corrected chi connectivity index (χ1v) is 5.27. The lowest BCUT2D eigenvalue weighted by atomic mass is 9.97. The van der Waals surface area contributed by atoms with Crippen LogP contribution in [0, 0.1) is 0 Å². The van der Waals surface area contributed by atoms with E-state index >= 15 is 0 Å². The maximum atomic E-state index is 5.82. The number of rotatable bonds is 2. The first-order valence-electron chi connectivity index (χ1n) is 5.27. The fourth-order valence-corrected chi connectivity index (χ4v) is 2.08. The summed E-state index contributed by atoms with van der Waals surface area (Å²) >= 11 is 0. The van der Waals surface area contributed by atoms with Crippen LogP contribution in [0.2, 0.25) is 0 Å². The summed E-state index contributed by atoms with van der Waals surface area (Å²) in [6.07, 6.45) is 1.22. The fraction of sp³-hybridized carbons (Fsp3) is 0.500. The fourth-order valence-electron chi connectivity index (χ4n) is 2.08. The van der Waals surface area contributed by atoms with Gasteiger partial charge in [0.05, 0.1) is 13.2 Å². The van der Waals surface area contributed by atoms with Crippen LogP contribution in [0.25, 0.3) is 0 Å². The molecule has 2 atom stereocenters. The number of para-hydroxylation sites is 1. The highest BCUT2D eigenvalue weighted by Gasteiger charge is 2.26. The molecular weight excluding hydrogens is 190 g/mol. The molecule has 15 heavy (non-hydrogen) atoms. The molecule has 0 fully saturated rings. The van der Waals surface area contributed by atoms with Crippen molar-refractivity contribution in [2.45, 2.75) is 25.5 Å². The summed E-state index contributed by atoms with van der Waals surface area (Å²) in [7, 11) is 3.65. The van der Waals surface area contributed by atoms with Crippen molar-refractivity contribution in [3.63, 3.8) is 0 Å². The molecule has 0 aromatic heterocycles. The summed E-state index contributed by atoms with van der Waals surface area (Å²) in [4.78, 5) is 0. The highest BCUT2D eigenvalue weighted by atomic mass is 16.5. The zero-order valence-electron chi connectivity index (χ0n) is 9.41. The Labute approximate surface area is 90.4 Å². The van der Waals surface area contributed by atoms with E-state index in [1.807, 2.05) is 19.2 Å². The van der Waals surface area contributed by atoms with Crippen LogP contribution >= 0.6 is 0 Å². The van der Waals surface area contributed by atoms with E-state index < -0.39 is 0 Å². The third kappa shape index (κ3) is 1.79. The van der Waals surface area contributed by atoms with Crippen molar-refractivity contribution in [1.82, 2.24) is 5.32 Å². The van der Waals surface area contributed by atoms with Crippen molar-refractivity contribution in [2.24, 2.45) is 0 Å². The number of ether oxygens (including phenoxy) is 2. The van der Waals surface area contributed by atoms with E-state index in [1.165, 1.54) is 5.56 Å². The molecule has 0 saturated heterocycles. The number of benzene rings is 1. The quantitative estimate of drug-likeness (QED) is 0.805. The molecule has 1 aromatic rings. The van der Waals surface area contributed by atoms with Gasteiger partial charge in [-0.1, -0.05) is 12.1 Å². The lowest BCUT2D eigenvalue weighted by molar-refractivity contribution is 0.161. The second-order valence-electron chi connectivity index (χ2n) is 3.88. The predicted octanol–water partition coefficient (Wildman–Crippen LogP) is 2.13. The van der Waals surface area contributed by atoms with E-state index in [-0.39, 0.29) is 6.10 Å². The second-order valence-corrected chi connectivity index (χ2v) is 3.88. The Morgan fingerprint density at radius 2 is 2.27 bits per heavy atom. The van der Waals surface area contributed by atoms with E-state index in [1.54, 1.807) is 7.11 Å². The zero-order valence-corrected chi connectivity index (χ0v) is 9.41. The van der Waals surface area contributed by atoms with Gasteiger partial charge in [0.2, 0.25) is 0 Å². The van der Waals surface area contributed by atoms with Crippen LogP contribution in [-0.2, 0) is 0 Å². The van der Waals surface area contributed by atoms with Crippen LogP contribution in [0.15, 0.2) is 18.2 Å². The lowest BCUT2D eigenvalue weighted by Crippen LogP contribution is -2.29. The van der Waals surface area contributed by atoms with Gasteiger partial charge in [0.15, 0.2) is 11.5 Å². The third-order valence-corrected chi connectivity index (χ3v) is 2.84. The summed E-state index contributed by atoms with van der Waals surface area (Å²) in [5.41, 5.74) is 1.19. The Balaban J connectivity index is 2.45. The highest BCUT2D eigenvalue weighted by molar-refractivity contribution is 5.49. The minimum atomic E-state index is 0.228. The lowest BCUT2D eigenvalue weighted by Gasteiger charge is -2.31. The molecule has 1 aromatic carbocycles. The van der Waals surface area contributed by atoms with E-state index in [0.717, 1.165) is 17.9 Å². The summed E-state index contributed by atoms with van der Waals surface area (Å²) in [6.45, 7) is 2.08. The molecule has 2 rings (SSSR count). The SMILES string of the molecule is CNC1CC(C)Oc2c(OC)cccc21. The molecule has 0 aliphatic carbocycles. The molecule has 0 amide bonds. The largest absolute Gasteiger partial charge is 0.493 e. The molecule has 3 heteroatoms. The van der Waals surface area contributed by atoms with Gasteiger partial charge in [0.25, 0.3) is 0 Å². The van der Waals surface area contributed by atoms with Crippen molar-refractivity contribution in [3.05, 3.63) is 23.8 Å². The highest BCUT2D eigenvalue weighted by Crippen LogP contribution is 2.40. The van der Waals surface area contributed by atoms with Crippen LogP contribution < -0.4 is 14.8 Å². The first-order chi connectivity index (χ1) is 7.26. The van der Waals surface area contributed by atoms with Gasteiger partial charge in [0, 0.05) is 18.0 Å². The number of fused-ring (bicyclic) bond motifs is 1. The van der Waals surface area contributed by atoms with Crippen molar-refractivity contribution < 1.29 is 9.47 Å². The average Bonchev–Trinajstić information content (AvgIpc) is 2.27. The van der Waals surface area contributed by atoms with Crippen LogP contribution in [0.1, 0.15) is 24.9 Å². The van der Waals surface area contributed by atoms with Gasteiger partial charge in [-0.2, -0.15) is 0 Å². The van der Waals surface area contributed by atoms with Crippen LogP contribution in [0.3, 0.4) is 0 Å². The number of methoxy groups -OCH3 is 1. The number of hydrogen-bond acceptors (Lipinski definition) is 3. The Bertz CT molecular complexity index is 351. The Hall–Kier alpha value is -1.22. The summed E-state index contributed by atoms with van der Waals surface area (Å²) in [5.74, 6) is 1.71. The minimum absolute atomic E-state index is 0.228. The van der Waals surface area contributed by atoms with E-state index in [4.69, 9.17) is 9.47 Å². The van der Waals surface area contributed by atoms with Crippen LogP contribution in [0.5, 0.6) is 11.5 Å². The van der Waals surface area contributed by atoms with Crippen molar-refractivity contribution >= 4 is 0 Å². The van der Waals surface area contributed by atoms with Gasteiger partial charge in [-0.15, -0.1) is 0 Å². The molecule has 82 valence electrons. The Morgan fingerprint density at radius 3 is 2.93 bits per heavy atom. The monoisotopic (exact) mass is 207 g/mol. The van der Waals surface area contributed by atoms with Crippen molar-refractivity contribution in [1.29, 1.82) is 0 Å². The van der Waals surface area contributed by atoms with Crippen LogP contribution in [0.4, 0.5) is 0 Å². The third-order valence-electron chi connectivity index (χ3n) is 2.84. The Kier molecular flexibility index (Phi) is 2.82. The van der Waals surface area contributed by atoms with Gasteiger partial charge in [-0.05, 0) is 20.0 Å². The summed E-state index contributed by atoms with van der Waals surface area (Å²) in [6, 6.07) is 6.38. The molecule has 0 radical (unpaired) electrons. The van der Waals surface area contributed by atoms with E-state index in [0.29, 0.717) is 6.04 Å². The van der Waals surface area contributed by atoms with Gasteiger partial charge in [-0.3, -0.25) is 0 Å². The number of nitrogens with one attached hydrogen (secondary N) is 1. The molecule has 1 N–H and O–H groups in total. The normalized spacial score (nSPS) is 24.2. The van der Waals surface area contributed by atoms with E-state index in [9.17, 15) is 0 Å². The number of hydrogen-bond donors (Lipinski definition) is 1. The average molecular weight is 207 g/mol. The molecule has 0 spiro atoms. The van der Waals surface area contributed by atoms with Gasteiger partial charge in [0.1, 0.15) is 0 Å². The molecule has 2 unspecified atom stereocenters. The molecule has 0 saturated carbocycles. The van der Waals surface area contributed by atoms with Crippen molar-refractivity contribution in [3.8, 4) is 11.5 Å². The van der Waals surface area contributed by atoms with Crippen LogP contribution in [-0.4, -0.2) is 20.3 Å². The second kappa shape index (κ2) is 4.11. The summed E-state index contributed by atoms with van der Waals surface area (Å²) in [5, 5.41) is 3.31. The zero-order chi connectivity index (χ0) is 10.8. The standard InChI is InChI=1S/C12H17NO2/c1-8-7-10(13-2)9-5-4-6-11(14-3)12(9)15-8/h4-6,8,10,13H,7H2,1-3H3. The van der Waals surface area contributed by atoms with Gasteiger partial charge in [-0.25, -0.2) is 0 Å². The molecule has 1 aliphatic rings. The topological polar surface area (TPSA) is 30.5 Å². The molecule has 1 aliphatic heterocycles. The summed E-state index contributed by atoms with van der Waals surface area (Å²) < 4.78 is 11.1. The van der Waals surface area contributed by atoms with Crippen molar-refractivity contribution in [2.75, 3.05) is 14.2 Å². The van der Waals surface area contributed by atoms with E-state index in [2.05, 4.69) is 18.3 Å². The molecule has 1 heterocycles. The first kappa shape index (κ1) is 10.3. The maximum Gasteiger partial charge on any atom is 0.166 e. The minimum Gasteiger partial charge on any atom is -0.493 e. The molecule has 3 nitrogen and oxygen atoms in total. The van der Waals surface area contributed by atoms with Gasteiger partial charge < -0.3 is 14.8 Å². The predicted molar refractivity (Wildman–Crippen MR) is 59.5 cm³/mol. The molecule has 0 bridgehead atoms. The van der Waals surface area contributed by atoms with Gasteiger partial charge >= 0.3 is 0 Å². The smallest absolute Gasteiger partial charge is 0.166 e. The Morgan fingerprint density at radius 1 is 1.47 bits per heavy atom.